The number of unbranched alkanes of at least 4 members (excludes halogenated alkanes) is 1. The van der Waals surface area contributed by atoms with Crippen LogP contribution in [0.4, 0.5) is 0 Å². The summed E-state index contributed by atoms with van der Waals surface area (Å²) in [6.45, 7) is 10.5. The van der Waals surface area contributed by atoms with E-state index in [1.54, 1.807) is 6.26 Å². The molecule has 0 aliphatic heterocycles. The summed E-state index contributed by atoms with van der Waals surface area (Å²) in [5, 5.41) is 6.85. The minimum atomic E-state index is 0. The van der Waals surface area contributed by atoms with Gasteiger partial charge < -0.3 is 15.1 Å². The van der Waals surface area contributed by atoms with Crippen molar-refractivity contribution in [3.63, 3.8) is 0 Å². The first-order valence-electron chi connectivity index (χ1n) is 7.70. The predicted molar refractivity (Wildman–Crippen MR) is 100 cm³/mol. The van der Waals surface area contributed by atoms with Crippen LogP contribution >= 0.6 is 24.0 Å². The lowest BCUT2D eigenvalue weighted by molar-refractivity contribution is 0.477. The molecule has 1 atom stereocenters. The third-order valence-electron chi connectivity index (χ3n) is 3.39. The minimum absolute atomic E-state index is 0. The van der Waals surface area contributed by atoms with Crippen LogP contribution in [0.1, 0.15) is 46.3 Å². The highest BCUT2D eigenvalue weighted by atomic mass is 127. The van der Waals surface area contributed by atoms with E-state index in [2.05, 4.69) is 43.3 Å². The molecule has 0 saturated carbocycles. The summed E-state index contributed by atoms with van der Waals surface area (Å²) in [7, 11) is 0. The minimum Gasteiger partial charge on any atom is -0.469 e. The van der Waals surface area contributed by atoms with Crippen LogP contribution in [-0.4, -0.2) is 25.1 Å². The molecule has 1 rings (SSSR count). The fraction of sp³-hybridized carbons (Fsp3) is 0.688. The molecule has 0 saturated heterocycles. The zero-order chi connectivity index (χ0) is 14.8. The summed E-state index contributed by atoms with van der Waals surface area (Å²) in [5.74, 6) is 2.49. The van der Waals surface area contributed by atoms with Gasteiger partial charge in [-0.2, -0.15) is 0 Å². The number of halogens is 1. The van der Waals surface area contributed by atoms with Crippen LogP contribution in [-0.2, 0) is 6.42 Å². The van der Waals surface area contributed by atoms with Crippen LogP contribution in [0.3, 0.4) is 0 Å². The Morgan fingerprint density at radius 1 is 1.33 bits per heavy atom. The Morgan fingerprint density at radius 2 is 2.10 bits per heavy atom. The summed E-state index contributed by atoms with van der Waals surface area (Å²) in [4.78, 5) is 4.62. The molecule has 5 heteroatoms. The number of aliphatic imine (C=N–C) groups is 1. The van der Waals surface area contributed by atoms with Gasteiger partial charge in [0.1, 0.15) is 5.76 Å². The van der Waals surface area contributed by atoms with E-state index in [4.69, 9.17) is 4.42 Å². The number of nitrogens with one attached hydrogen (secondary N) is 2. The molecule has 1 heterocycles. The van der Waals surface area contributed by atoms with Gasteiger partial charge in [-0.05, 0) is 31.4 Å². The van der Waals surface area contributed by atoms with E-state index >= 15 is 0 Å². The van der Waals surface area contributed by atoms with E-state index in [0.717, 1.165) is 37.7 Å². The van der Waals surface area contributed by atoms with Gasteiger partial charge in [0.2, 0.25) is 0 Å². The Bertz CT molecular complexity index is 377. The van der Waals surface area contributed by atoms with Crippen molar-refractivity contribution in [3.8, 4) is 0 Å². The third-order valence-corrected chi connectivity index (χ3v) is 3.39. The van der Waals surface area contributed by atoms with Crippen LogP contribution in [0.25, 0.3) is 0 Å². The lowest BCUT2D eigenvalue weighted by atomic mass is 10.1. The molecule has 0 amide bonds. The van der Waals surface area contributed by atoms with Crippen LogP contribution in [0.15, 0.2) is 27.8 Å². The van der Waals surface area contributed by atoms with Crippen molar-refractivity contribution >= 4 is 29.9 Å². The number of nitrogens with zero attached hydrogens (tertiary/aromatic N) is 1. The Kier molecular flexibility index (Phi) is 11.5. The topological polar surface area (TPSA) is 49.6 Å². The summed E-state index contributed by atoms with van der Waals surface area (Å²) in [5.41, 5.74) is 0. The Morgan fingerprint density at radius 3 is 2.67 bits per heavy atom. The maximum absolute atomic E-state index is 5.33. The van der Waals surface area contributed by atoms with Gasteiger partial charge in [-0.3, -0.25) is 4.99 Å². The van der Waals surface area contributed by atoms with Crippen molar-refractivity contribution in [2.75, 3.05) is 13.1 Å². The number of furan rings is 1. The molecule has 0 aliphatic carbocycles. The molecule has 1 aromatic heterocycles. The van der Waals surface area contributed by atoms with Gasteiger partial charge in [0, 0.05) is 25.6 Å². The zero-order valence-electron chi connectivity index (χ0n) is 13.7. The maximum Gasteiger partial charge on any atom is 0.191 e. The molecule has 2 N–H and O–H groups in total. The number of guanidine groups is 1. The normalized spacial score (nSPS) is 12.9. The van der Waals surface area contributed by atoms with Gasteiger partial charge in [0.25, 0.3) is 0 Å². The second-order valence-corrected chi connectivity index (χ2v) is 5.52. The largest absolute Gasteiger partial charge is 0.469 e. The Hall–Kier alpha value is -0.720. The predicted octanol–water partition coefficient (Wildman–Crippen LogP) is 3.82. The Balaban J connectivity index is 0.00000400. The second-order valence-electron chi connectivity index (χ2n) is 5.52. The van der Waals surface area contributed by atoms with Crippen molar-refractivity contribution in [2.24, 2.45) is 10.9 Å². The van der Waals surface area contributed by atoms with Crippen LogP contribution in [0.2, 0.25) is 0 Å². The van der Waals surface area contributed by atoms with Crippen molar-refractivity contribution < 1.29 is 4.42 Å². The molecule has 0 radical (unpaired) electrons. The molecular formula is C16H30IN3O. The molecule has 122 valence electrons. The highest BCUT2D eigenvalue weighted by Crippen LogP contribution is 2.01. The first-order chi connectivity index (χ1) is 9.63. The molecule has 0 aliphatic rings. The average molecular weight is 407 g/mol. The number of hydrogen-bond acceptors (Lipinski definition) is 2. The summed E-state index contributed by atoms with van der Waals surface area (Å²) < 4.78 is 5.33. The van der Waals surface area contributed by atoms with Crippen LogP contribution in [0.5, 0.6) is 0 Å². The van der Waals surface area contributed by atoms with E-state index in [9.17, 15) is 0 Å². The molecule has 0 spiro atoms. The molecular weight excluding hydrogens is 377 g/mol. The van der Waals surface area contributed by atoms with E-state index in [1.807, 2.05) is 12.1 Å². The molecule has 4 nitrogen and oxygen atoms in total. The fourth-order valence-corrected chi connectivity index (χ4v) is 1.64. The lowest BCUT2D eigenvalue weighted by Crippen LogP contribution is -2.45. The van der Waals surface area contributed by atoms with Gasteiger partial charge in [-0.25, -0.2) is 0 Å². The van der Waals surface area contributed by atoms with Gasteiger partial charge in [0.05, 0.1) is 6.26 Å². The van der Waals surface area contributed by atoms with Gasteiger partial charge in [0.15, 0.2) is 5.96 Å². The highest BCUT2D eigenvalue weighted by molar-refractivity contribution is 14.0. The highest BCUT2D eigenvalue weighted by Gasteiger charge is 2.09. The maximum atomic E-state index is 5.33. The first-order valence-corrected chi connectivity index (χ1v) is 7.70. The zero-order valence-corrected chi connectivity index (χ0v) is 16.0. The van der Waals surface area contributed by atoms with Gasteiger partial charge >= 0.3 is 0 Å². The van der Waals surface area contributed by atoms with Crippen molar-refractivity contribution in [2.45, 2.75) is 53.0 Å². The van der Waals surface area contributed by atoms with E-state index in [0.29, 0.717) is 12.0 Å². The van der Waals surface area contributed by atoms with Gasteiger partial charge in [-0.15, -0.1) is 24.0 Å². The van der Waals surface area contributed by atoms with Crippen molar-refractivity contribution in [1.82, 2.24) is 10.6 Å². The smallest absolute Gasteiger partial charge is 0.191 e. The van der Waals surface area contributed by atoms with Crippen molar-refractivity contribution in [3.05, 3.63) is 24.2 Å². The molecule has 0 fully saturated rings. The third kappa shape index (κ3) is 9.01. The Labute approximate surface area is 146 Å². The van der Waals surface area contributed by atoms with Gasteiger partial charge in [-0.1, -0.05) is 27.2 Å². The fourth-order valence-electron chi connectivity index (χ4n) is 1.64. The molecule has 21 heavy (non-hydrogen) atoms. The first kappa shape index (κ1) is 20.3. The molecule has 1 aromatic rings. The summed E-state index contributed by atoms with van der Waals surface area (Å²) in [6, 6.07) is 4.33. The molecule has 1 unspecified atom stereocenters. The van der Waals surface area contributed by atoms with E-state index < -0.39 is 0 Å². The average Bonchev–Trinajstić information content (AvgIpc) is 2.91. The molecule has 0 aromatic carbocycles. The lowest BCUT2D eigenvalue weighted by Gasteiger charge is -2.21. The van der Waals surface area contributed by atoms with Crippen molar-refractivity contribution in [1.29, 1.82) is 0 Å². The summed E-state index contributed by atoms with van der Waals surface area (Å²) in [6.07, 6.45) is 4.88. The second kappa shape index (κ2) is 11.9. The van der Waals surface area contributed by atoms with E-state index in [-0.39, 0.29) is 24.0 Å². The quantitative estimate of drug-likeness (QED) is 0.298. The molecule has 0 bridgehead atoms. The standard InChI is InChI=1S/C16H29N3O.HI/c1-5-6-10-17-16(19-14(4)13(2)3)18-11-9-15-8-7-12-20-15;/h7-8,12-14H,5-6,9-11H2,1-4H3,(H2,17,18,19);1H. The van der Waals surface area contributed by atoms with Crippen LogP contribution < -0.4 is 10.6 Å². The SMILES string of the molecule is CCCCN=C(NCCc1ccco1)NC(C)C(C)C.I. The van der Waals surface area contributed by atoms with E-state index in [1.165, 1.54) is 6.42 Å². The summed E-state index contributed by atoms with van der Waals surface area (Å²) >= 11 is 0. The van der Waals surface area contributed by atoms with Crippen LogP contribution in [0, 0.1) is 5.92 Å². The number of hydrogen-bond donors (Lipinski definition) is 2. The monoisotopic (exact) mass is 407 g/mol. The number of rotatable bonds is 8.